The smallest absolute Gasteiger partial charge is 0.292 e. The van der Waals surface area contributed by atoms with Gasteiger partial charge >= 0.3 is 0 Å². The molecule has 3 N–H and O–H groups in total. The van der Waals surface area contributed by atoms with Crippen LogP contribution >= 0.6 is 0 Å². The summed E-state index contributed by atoms with van der Waals surface area (Å²) in [5.74, 6) is 0.171. The number of rotatable bonds is 4. The molecule has 15 heavy (non-hydrogen) atoms. The van der Waals surface area contributed by atoms with Crippen LogP contribution in [0.4, 0.5) is 0 Å². The average molecular weight is 212 g/mol. The van der Waals surface area contributed by atoms with Crippen molar-refractivity contribution in [3.05, 3.63) is 11.7 Å². The molecule has 1 amide bonds. The van der Waals surface area contributed by atoms with Gasteiger partial charge in [-0.05, 0) is 12.8 Å². The first-order chi connectivity index (χ1) is 7.06. The normalized spacial score (nSPS) is 12.9. The maximum atomic E-state index is 11.3. The van der Waals surface area contributed by atoms with E-state index >= 15 is 0 Å². The van der Waals surface area contributed by atoms with E-state index in [2.05, 4.69) is 15.5 Å². The topological polar surface area (TPSA) is 94.0 Å². The summed E-state index contributed by atoms with van der Waals surface area (Å²) in [5.41, 5.74) is 5.80. The van der Waals surface area contributed by atoms with Gasteiger partial charge in [-0.25, -0.2) is 0 Å². The van der Waals surface area contributed by atoms with E-state index in [1.807, 2.05) is 20.8 Å². The van der Waals surface area contributed by atoms with Gasteiger partial charge in [0.15, 0.2) is 0 Å². The van der Waals surface area contributed by atoms with Crippen LogP contribution in [0.1, 0.15) is 43.3 Å². The molecule has 1 aromatic rings. The molecule has 0 fully saturated rings. The van der Waals surface area contributed by atoms with Crippen molar-refractivity contribution in [1.29, 1.82) is 0 Å². The summed E-state index contributed by atoms with van der Waals surface area (Å²) < 4.78 is 4.91. The second-order valence-corrected chi connectivity index (χ2v) is 3.59. The first-order valence-electron chi connectivity index (χ1n) is 4.93. The number of hydrogen-bond acceptors (Lipinski definition) is 5. The van der Waals surface area contributed by atoms with Crippen LogP contribution in [-0.2, 0) is 0 Å². The number of aromatic nitrogens is 2. The fourth-order valence-electron chi connectivity index (χ4n) is 0.988. The zero-order valence-electron chi connectivity index (χ0n) is 9.15. The van der Waals surface area contributed by atoms with E-state index in [9.17, 15) is 4.79 Å². The molecule has 0 aliphatic carbocycles. The lowest BCUT2D eigenvalue weighted by molar-refractivity contribution is 0.0942. The van der Waals surface area contributed by atoms with E-state index < -0.39 is 0 Å². The quantitative estimate of drug-likeness (QED) is 0.756. The lowest BCUT2D eigenvalue weighted by atomic mass is 10.1. The van der Waals surface area contributed by atoms with Gasteiger partial charge in [0.05, 0.1) is 6.04 Å². The van der Waals surface area contributed by atoms with Crippen molar-refractivity contribution in [1.82, 2.24) is 15.5 Å². The molecule has 1 unspecified atom stereocenters. The lowest BCUT2D eigenvalue weighted by Gasteiger charge is -2.09. The molecule has 0 aliphatic rings. The van der Waals surface area contributed by atoms with Crippen LogP contribution in [0.5, 0.6) is 0 Å². The van der Waals surface area contributed by atoms with Gasteiger partial charge in [0.2, 0.25) is 5.89 Å². The molecule has 0 spiro atoms. The number of amides is 1. The van der Waals surface area contributed by atoms with Gasteiger partial charge in [-0.15, -0.1) is 0 Å². The van der Waals surface area contributed by atoms with Crippen LogP contribution in [-0.4, -0.2) is 22.6 Å². The van der Waals surface area contributed by atoms with Crippen molar-refractivity contribution in [2.24, 2.45) is 11.7 Å². The Bertz CT molecular complexity index is 335. The molecule has 0 bridgehead atoms. The Morgan fingerprint density at radius 2 is 2.27 bits per heavy atom. The molecular formula is C9H16N4O2. The summed E-state index contributed by atoms with van der Waals surface area (Å²) in [4.78, 5) is 15.2. The van der Waals surface area contributed by atoms with E-state index in [0.717, 1.165) is 0 Å². The highest BCUT2D eigenvalue weighted by Gasteiger charge is 2.20. The highest BCUT2D eigenvalue weighted by atomic mass is 16.5. The molecular weight excluding hydrogens is 196 g/mol. The number of nitrogens with zero attached hydrogens (tertiary/aromatic N) is 2. The number of nitrogens with two attached hydrogens (primary N) is 1. The maximum absolute atomic E-state index is 11.3. The van der Waals surface area contributed by atoms with E-state index in [1.165, 1.54) is 0 Å². The standard InChI is InChI=1S/C9H16N4O2/c1-4-11-8(14)7-12-9(15-13-7)6(10)5(2)3/h5-6H,4,10H2,1-3H3,(H,11,14). The molecule has 84 valence electrons. The molecule has 0 radical (unpaired) electrons. The van der Waals surface area contributed by atoms with E-state index in [0.29, 0.717) is 12.4 Å². The lowest BCUT2D eigenvalue weighted by Crippen LogP contribution is -2.24. The second kappa shape index (κ2) is 4.88. The summed E-state index contributed by atoms with van der Waals surface area (Å²) in [7, 11) is 0. The highest BCUT2D eigenvalue weighted by Crippen LogP contribution is 2.16. The van der Waals surface area contributed by atoms with Crippen LogP contribution < -0.4 is 11.1 Å². The molecule has 6 nitrogen and oxygen atoms in total. The highest BCUT2D eigenvalue weighted by molar-refractivity contribution is 5.90. The minimum atomic E-state index is -0.344. The Labute approximate surface area is 88.2 Å². The van der Waals surface area contributed by atoms with Crippen molar-refractivity contribution < 1.29 is 9.32 Å². The summed E-state index contributed by atoms with van der Waals surface area (Å²) in [5, 5.41) is 6.14. The number of carbonyl (C=O) groups is 1. The number of nitrogens with one attached hydrogen (secondary N) is 1. The Morgan fingerprint density at radius 1 is 1.60 bits per heavy atom. The third-order valence-electron chi connectivity index (χ3n) is 1.99. The summed E-state index contributed by atoms with van der Waals surface area (Å²) in [6.45, 7) is 6.24. The Kier molecular flexibility index (Phi) is 3.79. The zero-order valence-corrected chi connectivity index (χ0v) is 9.15. The second-order valence-electron chi connectivity index (χ2n) is 3.59. The van der Waals surface area contributed by atoms with Crippen LogP contribution in [0.3, 0.4) is 0 Å². The van der Waals surface area contributed by atoms with Gasteiger partial charge in [0, 0.05) is 6.54 Å². The molecule has 1 heterocycles. The van der Waals surface area contributed by atoms with Gasteiger partial charge in [-0.2, -0.15) is 4.98 Å². The van der Waals surface area contributed by atoms with Crippen LogP contribution in [0, 0.1) is 5.92 Å². The molecule has 0 saturated heterocycles. The average Bonchev–Trinajstić information content (AvgIpc) is 2.65. The predicted molar refractivity (Wildman–Crippen MR) is 54.1 cm³/mol. The molecule has 0 aliphatic heterocycles. The van der Waals surface area contributed by atoms with Crippen molar-refractivity contribution >= 4 is 5.91 Å². The summed E-state index contributed by atoms with van der Waals surface area (Å²) in [6.07, 6.45) is 0. The van der Waals surface area contributed by atoms with E-state index in [-0.39, 0.29) is 23.7 Å². The van der Waals surface area contributed by atoms with Crippen molar-refractivity contribution in [3.63, 3.8) is 0 Å². The van der Waals surface area contributed by atoms with Crippen molar-refractivity contribution in [3.8, 4) is 0 Å². The van der Waals surface area contributed by atoms with Crippen molar-refractivity contribution in [2.75, 3.05) is 6.54 Å². The minimum absolute atomic E-state index is 0.0305. The van der Waals surface area contributed by atoms with Crippen LogP contribution in [0.25, 0.3) is 0 Å². The third kappa shape index (κ3) is 2.76. The van der Waals surface area contributed by atoms with Gasteiger partial charge in [0.1, 0.15) is 0 Å². The van der Waals surface area contributed by atoms with Crippen molar-refractivity contribution in [2.45, 2.75) is 26.8 Å². The van der Waals surface area contributed by atoms with Crippen LogP contribution in [0.2, 0.25) is 0 Å². The zero-order chi connectivity index (χ0) is 11.4. The largest absolute Gasteiger partial charge is 0.349 e. The first-order valence-corrected chi connectivity index (χ1v) is 4.93. The molecule has 0 aromatic carbocycles. The molecule has 1 atom stereocenters. The third-order valence-corrected chi connectivity index (χ3v) is 1.99. The summed E-state index contributed by atoms with van der Waals surface area (Å²) >= 11 is 0. The fraction of sp³-hybridized carbons (Fsp3) is 0.667. The Morgan fingerprint density at radius 3 is 2.80 bits per heavy atom. The number of carbonyl (C=O) groups excluding carboxylic acids is 1. The fourth-order valence-corrected chi connectivity index (χ4v) is 0.988. The Hall–Kier alpha value is -1.43. The minimum Gasteiger partial charge on any atom is -0.349 e. The summed E-state index contributed by atoms with van der Waals surface area (Å²) in [6, 6.07) is -0.333. The van der Waals surface area contributed by atoms with Gasteiger partial charge < -0.3 is 15.6 Å². The van der Waals surface area contributed by atoms with E-state index in [1.54, 1.807) is 0 Å². The molecule has 1 rings (SSSR count). The predicted octanol–water partition coefficient (Wildman–Crippen LogP) is 0.475. The number of hydrogen-bond donors (Lipinski definition) is 2. The SMILES string of the molecule is CCNC(=O)c1noc(C(N)C(C)C)n1. The molecule has 6 heteroatoms. The molecule has 1 aromatic heterocycles. The van der Waals surface area contributed by atoms with Crippen LogP contribution in [0.15, 0.2) is 4.52 Å². The maximum Gasteiger partial charge on any atom is 0.292 e. The monoisotopic (exact) mass is 212 g/mol. The van der Waals surface area contributed by atoms with Gasteiger partial charge in [0.25, 0.3) is 11.7 Å². The van der Waals surface area contributed by atoms with E-state index in [4.69, 9.17) is 10.3 Å². The first kappa shape index (κ1) is 11.6. The van der Waals surface area contributed by atoms with Gasteiger partial charge in [-0.1, -0.05) is 19.0 Å². The molecule has 0 saturated carbocycles. The van der Waals surface area contributed by atoms with Gasteiger partial charge in [-0.3, -0.25) is 4.79 Å². The Balaban J connectivity index is 2.76.